The third kappa shape index (κ3) is 2.02. The van der Waals surface area contributed by atoms with Crippen LogP contribution in [0.2, 0.25) is 0 Å². The molecule has 1 aliphatic carbocycles. The molecule has 0 unspecified atom stereocenters. The molecule has 1 spiro atoms. The molecule has 1 aromatic carbocycles. The van der Waals surface area contributed by atoms with Gasteiger partial charge in [0.05, 0.1) is 0 Å². The van der Waals surface area contributed by atoms with Gasteiger partial charge in [-0.3, -0.25) is 4.79 Å². The van der Waals surface area contributed by atoms with Crippen molar-refractivity contribution in [3.05, 3.63) is 34.4 Å². The Morgan fingerprint density at radius 3 is 2.67 bits per heavy atom. The van der Waals surface area contributed by atoms with Crippen molar-refractivity contribution in [3.8, 4) is 0 Å². The van der Waals surface area contributed by atoms with E-state index in [9.17, 15) is 4.79 Å². The van der Waals surface area contributed by atoms with Crippen LogP contribution in [0.4, 0.5) is 0 Å². The fourth-order valence-corrected chi connectivity index (χ4v) is 4.72. The first-order valence-electron chi connectivity index (χ1n) is 8.17. The lowest BCUT2D eigenvalue weighted by Gasteiger charge is -2.46. The highest BCUT2D eigenvalue weighted by Gasteiger charge is 2.47. The quantitative estimate of drug-likeness (QED) is 0.790. The Bertz CT molecular complexity index is 601. The number of fused-ring (bicyclic) bond motifs is 1. The largest absolute Gasteiger partial charge is 0.338 e. The molecular formula is C18H24N2O. The van der Waals surface area contributed by atoms with E-state index in [4.69, 9.17) is 0 Å². The zero-order valence-corrected chi connectivity index (χ0v) is 13.1. The molecule has 3 heteroatoms. The lowest BCUT2D eigenvalue weighted by molar-refractivity contribution is 0.0293. The number of carbonyl (C=O) groups excluding carboxylic acids is 1. The highest BCUT2D eigenvalue weighted by molar-refractivity contribution is 5.96. The van der Waals surface area contributed by atoms with Gasteiger partial charge in [-0.1, -0.05) is 6.07 Å². The van der Waals surface area contributed by atoms with Crippen LogP contribution in [0.5, 0.6) is 0 Å². The lowest BCUT2D eigenvalue weighted by Crippen LogP contribution is -2.55. The number of likely N-dealkylation sites (tertiary alicyclic amines) is 2. The third-order valence-electron chi connectivity index (χ3n) is 5.69. The van der Waals surface area contributed by atoms with Crippen molar-refractivity contribution in [3.63, 3.8) is 0 Å². The standard InChI is InChI=1S/C18H24N2O/c1-13-6-7-16(15-5-3-4-14(13)15)17(21)20-9-8-18(12-20)10-19(2)11-18/h6-7H,3-5,8-12H2,1-2H3. The second-order valence-electron chi connectivity index (χ2n) is 7.39. The van der Waals surface area contributed by atoms with E-state index in [0.717, 1.165) is 44.6 Å². The van der Waals surface area contributed by atoms with Crippen molar-refractivity contribution in [2.24, 2.45) is 5.41 Å². The van der Waals surface area contributed by atoms with Gasteiger partial charge in [0.15, 0.2) is 0 Å². The molecule has 3 nitrogen and oxygen atoms in total. The summed E-state index contributed by atoms with van der Waals surface area (Å²) in [6, 6.07) is 4.21. The Morgan fingerprint density at radius 1 is 1.14 bits per heavy atom. The topological polar surface area (TPSA) is 23.6 Å². The molecule has 2 saturated heterocycles. The maximum absolute atomic E-state index is 12.9. The number of nitrogens with zero attached hydrogens (tertiary/aromatic N) is 2. The van der Waals surface area contributed by atoms with Gasteiger partial charge < -0.3 is 9.80 Å². The molecule has 3 aliphatic rings. The van der Waals surface area contributed by atoms with Crippen LogP contribution in [-0.4, -0.2) is 48.9 Å². The van der Waals surface area contributed by atoms with Crippen LogP contribution in [-0.2, 0) is 12.8 Å². The van der Waals surface area contributed by atoms with E-state index in [-0.39, 0.29) is 5.91 Å². The summed E-state index contributed by atoms with van der Waals surface area (Å²) in [4.78, 5) is 17.4. The van der Waals surface area contributed by atoms with Gasteiger partial charge in [0.2, 0.25) is 0 Å². The third-order valence-corrected chi connectivity index (χ3v) is 5.69. The van der Waals surface area contributed by atoms with Crippen LogP contribution in [0, 0.1) is 12.3 Å². The molecule has 0 radical (unpaired) electrons. The summed E-state index contributed by atoms with van der Waals surface area (Å²) in [6.45, 7) is 6.38. The molecule has 0 N–H and O–H groups in total. The van der Waals surface area contributed by atoms with E-state index in [0.29, 0.717) is 5.41 Å². The minimum absolute atomic E-state index is 0.277. The second kappa shape index (κ2) is 4.57. The van der Waals surface area contributed by atoms with Gasteiger partial charge in [0.25, 0.3) is 5.91 Å². The van der Waals surface area contributed by atoms with Gasteiger partial charge in [-0.2, -0.15) is 0 Å². The Balaban J connectivity index is 1.58. The maximum atomic E-state index is 12.9. The summed E-state index contributed by atoms with van der Waals surface area (Å²) in [5, 5.41) is 0. The molecule has 21 heavy (non-hydrogen) atoms. The molecule has 0 aromatic heterocycles. The minimum Gasteiger partial charge on any atom is -0.338 e. The Labute approximate surface area is 126 Å². The highest BCUT2D eigenvalue weighted by Crippen LogP contribution is 2.39. The fraction of sp³-hybridized carbons (Fsp3) is 0.611. The van der Waals surface area contributed by atoms with E-state index >= 15 is 0 Å². The molecule has 0 bridgehead atoms. The molecule has 1 amide bonds. The Kier molecular flexibility index (Phi) is 2.90. The number of benzene rings is 1. The molecular weight excluding hydrogens is 260 g/mol. The summed E-state index contributed by atoms with van der Waals surface area (Å²) >= 11 is 0. The number of hydrogen-bond donors (Lipinski definition) is 0. The number of carbonyl (C=O) groups is 1. The van der Waals surface area contributed by atoms with E-state index in [2.05, 4.69) is 35.9 Å². The molecule has 0 atom stereocenters. The van der Waals surface area contributed by atoms with Crippen molar-refractivity contribution in [1.82, 2.24) is 9.80 Å². The number of amides is 1. The van der Waals surface area contributed by atoms with Crippen LogP contribution in [0.3, 0.4) is 0 Å². The molecule has 112 valence electrons. The second-order valence-corrected chi connectivity index (χ2v) is 7.39. The maximum Gasteiger partial charge on any atom is 0.254 e. The summed E-state index contributed by atoms with van der Waals surface area (Å²) in [5.41, 5.74) is 5.53. The summed E-state index contributed by atoms with van der Waals surface area (Å²) in [7, 11) is 2.17. The monoisotopic (exact) mass is 284 g/mol. The van der Waals surface area contributed by atoms with Crippen molar-refractivity contribution in [2.75, 3.05) is 33.2 Å². The molecule has 0 saturated carbocycles. The average molecular weight is 284 g/mol. The Hall–Kier alpha value is -1.35. The predicted molar refractivity (Wildman–Crippen MR) is 83.7 cm³/mol. The number of aryl methyl sites for hydroxylation is 1. The van der Waals surface area contributed by atoms with Crippen molar-refractivity contribution >= 4 is 5.91 Å². The van der Waals surface area contributed by atoms with Crippen molar-refractivity contribution in [2.45, 2.75) is 32.6 Å². The molecule has 2 fully saturated rings. The molecule has 2 aliphatic heterocycles. The highest BCUT2D eigenvalue weighted by atomic mass is 16.2. The van der Waals surface area contributed by atoms with Crippen molar-refractivity contribution in [1.29, 1.82) is 0 Å². The van der Waals surface area contributed by atoms with Gasteiger partial charge in [0, 0.05) is 37.2 Å². The zero-order chi connectivity index (χ0) is 14.6. The van der Waals surface area contributed by atoms with Gasteiger partial charge in [0.1, 0.15) is 0 Å². The lowest BCUT2D eigenvalue weighted by atomic mass is 9.79. The summed E-state index contributed by atoms with van der Waals surface area (Å²) in [6.07, 6.45) is 4.61. The number of rotatable bonds is 1. The van der Waals surface area contributed by atoms with E-state index in [1.54, 1.807) is 0 Å². The fourth-order valence-electron chi connectivity index (χ4n) is 4.72. The normalized spacial score (nSPS) is 23.4. The van der Waals surface area contributed by atoms with E-state index in [1.807, 2.05) is 0 Å². The Morgan fingerprint density at radius 2 is 1.90 bits per heavy atom. The van der Waals surface area contributed by atoms with Crippen LogP contribution in [0.15, 0.2) is 12.1 Å². The molecule has 2 heterocycles. The van der Waals surface area contributed by atoms with Crippen LogP contribution in [0.25, 0.3) is 0 Å². The smallest absolute Gasteiger partial charge is 0.254 e. The first-order chi connectivity index (χ1) is 10.1. The summed E-state index contributed by atoms with van der Waals surface area (Å²) in [5.74, 6) is 0.277. The van der Waals surface area contributed by atoms with E-state index < -0.39 is 0 Å². The van der Waals surface area contributed by atoms with Crippen LogP contribution < -0.4 is 0 Å². The van der Waals surface area contributed by atoms with E-state index in [1.165, 1.54) is 29.5 Å². The zero-order valence-electron chi connectivity index (χ0n) is 13.1. The minimum atomic E-state index is 0.277. The SMILES string of the molecule is Cc1ccc(C(=O)N2CCC3(CN(C)C3)C2)c2c1CCC2. The van der Waals surface area contributed by atoms with Gasteiger partial charge in [-0.15, -0.1) is 0 Å². The predicted octanol–water partition coefficient (Wildman–Crippen LogP) is 2.26. The van der Waals surface area contributed by atoms with Gasteiger partial charge in [-0.25, -0.2) is 0 Å². The molecule has 4 rings (SSSR count). The van der Waals surface area contributed by atoms with Crippen molar-refractivity contribution < 1.29 is 4.79 Å². The number of hydrogen-bond acceptors (Lipinski definition) is 2. The van der Waals surface area contributed by atoms with Gasteiger partial charge in [-0.05, 0) is 62.4 Å². The molecule has 1 aromatic rings. The summed E-state index contributed by atoms with van der Waals surface area (Å²) < 4.78 is 0. The first kappa shape index (κ1) is 13.3. The van der Waals surface area contributed by atoms with Crippen LogP contribution >= 0.6 is 0 Å². The van der Waals surface area contributed by atoms with Crippen LogP contribution in [0.1, 0.15) is 39.9 Å². The first-order valence-corrected chi connectivity index (χ1v) is 8.17. The average Bonchev–Trinajstić information content (AvgIpc) is 3.05. The van der Waals surface area contributed by atoms with Gasteiger partial charge >= 0.3 is 0 Å².